The Bertz CT molecular complexity index is 404. The van der Waals surface area contributed by atoms with Crippen LogP contribution in [0.15, 0.2) is 12.1 Å². The maximum Gasteiger partial charge on any atom is 0.364 e. The van der Waals surface area contributed by atoms with Gasteiger partial charge in [0, 0.05) is 19.5 Å². The zero-order valence-electron chi connectivity index (χ0n) is 8.48. The van der Waals surface area contributed by atoms with Crippen LogP contribution in [0.25, 0.3) is 0 Å². The van der Waals surface area contributed by atoms with Gasteiger partial charge in [-0.1, -0.05) is 0 Å². The van der Waals surface area contributed by atoms with Crippen LogP contribution in [0.4, 0.5) is 5.82 Å². The van der Waals surface area contributed by atoms with Crippen molar-refractivity contribution < 1.29 is 9.72 Å². The summed E-state index contributed by atoms with van der Waals surface area (Å²) >= 11 is 0. The quantitative estimate of drug-likeness (QED) is 0.595. The molecule has 6 nitrogen and oxygen atoms in total. The first-order valence-electron chi connectivity index (χ1n) is 4.46. The summed E-state index contributed by atoms with van der Waals surface area (Å²) in [6.07, 6.45) is 0. The van der Waals surface area contributed by atoms with E-state index in [1.807, 2.05) is 0 Å². The molecule has 1 aromatic rings. The molecule has 1 rings (SSSR count). The van der Waals surface area contributed by atoms with E-state index in [1.54, 1.807) is 13.8 Å². The highest BCUT2D eigenvalue weighted by Gasteiger charge is 2.14. The van der Waals surface area contributed by atoms with Gasteiger partial charge < -0.3 is 15.4 Å². The number of pyridine rings is 1. The number of carbonyl (C=O) groups is 1. The van der Waals surface area contributed by atoms with Crippen molar-refractivity contribution >= 4 is 11.7 Å². The summed E-state index contributed by atoms with van der Waals surface area (Å²) in [5.74, 6) is -0.637. The summed E-state index contributed by atoms with van der Waals surface area (Å²) in [6.45, 7) is 3.87. The number of hydrogen-bond acceptors (Lipinski definition) is 4. The summed E-state index contributed by atoms with van der Waals surface area (Å²) in [4.78, 5) is 25.0. The Labute approximate surface area is 86.5 Å². The van der Waals surface area contributed by atoms with Crippen LogP contribution in [0.3, 0.4) is 0 Å². The minimum absolute atomic E-state index is 0.260. The topological polar surface area (TPSA) is 85.1 Å². The highest BCUT2D eigenvalue weighted by molar-refractivity contribution is 5.94. The Morgan fingerprint density at radius 2 is 2.27 bits per heavy atom. The molecule has 0 aliphatic heterocycles. The first kappa shape index (κ1) is 11.1. The number of carbonyl (C=O) groups excluding carboxylic acids is 1. The third-order valence-electron chi connectivity index (χ3n) is 1.73. The molecule has 0 atom stereocenters. The van der Waals surface area contributed by atoms with Gasteiger partial charge in [-0.3, -0.25) is 4.79 Å². The van der Waals surface area contributed by atoms with Crippen LogP contribution in [-0.4, -0.2) is 22.4 Å². The predicted octanol–water partition coefficient (Wildman–Crippen LogP) is 1.05. The molecule has 0 spiro atoms. The lowest BCUT2D eigenvalue weighted by Gasteiger charge is -2.01. The van der Waals surface area contributed by atoms with E-state index in [1.165, 1.54) is 6.07 Å². The Hall–Kier alpha value is -1.98. The van der Waals surface area contributed by atoms with Gasteiger partial charge in [0.1, 0.15) is 0 Å². The molecule has 1 N–H and O–H groups in total. The number of amides is 1. The van der Waals surface area contributed by atoms with Gasteiger partial charge in [0.25, 0.3) is 5.91 Å². The number of nitro groups is 1. The van der Waals surface area contributed by atoms with Crippen LogP contribution in [0.5, 0.6) is 0 Å². The second kappa shape index (κ2) is 4.50. The van der Waals surface area contributed by atoms with E-state index in [-0.39, 0.29) is 17.3 Å². The number of aromatic nitrogens is 1. The van der Waals surface area contributed by atoms with E-state index in [0.717, 1.165) is 6.07 Å². The molecule has 6 heteroatoms. The van der Waals surface area contributed by atoms with Crippen molar-refractivity contribution in [3.05, 3.63) is 33.5 Å². The van der Waals surface area contributed by atoms with E-state index in [0.29, 0.717) is 12.2 Å². The first-order chi connectivity index (χ1) is 7.04. The minimum Gasteiger partial charge on any atom is -0.358 e. The summed E-state index contributed by atoms with van der Waals surface area (Å²) in [7, 11) is 0. The van der Waals surface area contributed by atoms with Gasteiger partial charge in [-0.2, -0.15) is 0 Å². The fourth-order valence-electron chi connectivity index (χ4n) is 1.14. The van der Waals surface area contributed by atoms with Crippen LogP contribution in [0.2, 0.25) is 0 Å². The molecule has 0 radical (unpaired) electrons. The lowest BCUT2D eigenvalue weighted by atomic mass is 10.2. The SMILES string of the molecule is CCNC(=O)c1cc(C)nc([N+](=O)[O-])c1. The molecular weight excluding hydrogens is 198 g/mol. The second-order valence-corrected chi connectivity index (χ2v) is 2.97. The standard InChI is InChI=1S/C9H11N3O3/c1-3-10-9(13)7-4-6(2)11-8(5-7)12(14)15/h4-5H,3H2,1-2H3,(H,10,13). The molecule has 0 aliphatic rings. The van der Waals surface area contributed by atoms with Crippen molar-refractivity contribution in [1.29, 1.82) is 0 Å². The summed E-state index contributed by atoms with van der Waals surface area (Å²) in [5.41, 5.74) is 0.710. The zero-order valence-corrected chi connectivity index (χ0v) is 8.48. The second-order valence-electron chi connectivity index (χ2n) is 2.97. The molecule has 1 heterocycles. The molecule has 1 amide bonds. The van der Waals surface area contributed by atoms with Gasteiger partial charge >= 0.3 is 5.82 Å². The molecule has 0 bridgehead atoms. The molecule has 1 aromatic heterocycles. The fourth-order valence-corrected chi connectivity index (χ4v) is 1.14. The Balaban J connectivity index is 3.09. The largest absolute Gasteiger partial charge is 0.364 e. The molecule has 15 heavy (non-hydrogen) atoms. The number of nitrogens with one attached hydrogen (secondary N) is 1. The molecule has 0 saturated carbocycles. The van der Waals surface area contributed by atoms with Crippen molar-refractivity contribution in [1.82, 2.24) is 10.3 Å². The van der Waals surface area contributed by atoms with E-state index < -0.39 is 4.92 Å². The van der Waals surface area contributed by atoms with Gasteiger partial charge in [0.2, 0.25) is 0 Å². The van der Waals surface area contributed by atoms with Crippen molar-refractivity contribution in [3.8, 4) is 0 Å². The summed E-state index contributed by atoms with van der Waals surface area (Å²) in [5, 5.41) is 13.1. The van der Waals surface area contributed by atoms with Crippen LogP contribution >= 0.6 is 0 Å². The van der Waals surface area contributed by atoms with Gasteiger partial charge in [0.15, 0.2) is 5.69 Å². The molecule has 0 aliphatic carbocycles. The maximum absolute atomic E-state index is 11.4. The minimum atomic E-state index is -0.615. The Morgan fingerprint density at radius 1 is 1.60 bits per heavy atom. The third-order valence-corrected chi connectivity index (χ3v) is 1.73. The number of aryl methyl sites for hydroxylation is 1. The van der Waals surface area contributed by atoms with Gasteiger partial charge in [-0.15, -0.1) is 0 Å². The van der Waals surface area contributed by atoms with Crippen LogP contribution in [0.1, 0.15) is 23.0 Å². The van der Waals surface area contributed by atoms with Crippen molar-refractivity contribution in [2.75, 3.05) is 6.54 Å². The zero-order chi connectivity index (χ0) is 11.4. The normalized spacial score (nSPS) is 9.73. The number of hydrogen-bond donors (Lipinski definition) is 1. The summed E-state index contributed by atoms with van der Waals surface area (Å²) < 4.78 is 0. The number of rotatable bonds is 3. The fraction of sp³-hybridized carbons (Fsp3) is 0.333. The molecule has 0 unspecified atom stereocenters. The van der Waals surface area contributed by atoms with E-state index in [4.69, 9.17) is 0 Å². The Morgan fingerprint density at radius 3 is 2.80 bits per heavy atom. The molecule has 80 valence electrons. The lowest BCUT2D eigenvalue weighted by Crippen LogP contribution is -2.23. The smallest absolute Gasteiger partial charge is 0.358 e. The van der Waals surface area contributed by atoms with E-state index in [2.05, 4.69) is 10.3 Å². The number of nitrogens with zero attached hydrogens (tertiary/aromatic N) is 2. The van der Waals surface area contributed by atoms with Crippen LogP contribution in [-0.2, 0) is 0 Å². The monoisotopic (exact) mass is 209 g/mol. The highest BCUT2D eigenvalue weighted by Crippen LogP contribution is 2.12. The van der Waals surface area contributed by atoms with E-state index >= 15 is 0 Å². The van der Waals surface area contributed by atoms with Gasteiger partial charge in [-0.25, -0.2) is 0 Å². The Kier molecular flexibility index (Phi) is 3.33. The van der Waals surface area contributed by atoms with Crippen molar-refractivity contribution in [2.45, 2.75) is 13.8 Å². The lowest BCUT2D eigenvalue weighted by molar-refractivity contribution is -0.389. The summed E-state index contributed by atoms with van der Waals surface area (Å²) in [6, 6.07) is 2.68. The van der Waals surface area contributed by atoms with Crippen LogP contribution < -0.4 is 5.32 Å². The highest BCUT2D eigenvalue weighted by atomic mass is 16.6. The average Bonchev–Trinajstić information content (AvgIpc) is 2.17. The van der Waals surface area contributed by atoms with Gasteiger partial charge in [0.05, 0.1) is 5.56 Å². The third kappa shape index (κ3) is 2.73. The molecule has 0 aromatic carbocycles. The molecule has 0 saturated heterocycles. The molecular formula is C9H11N3O3. The molecule has 0 fully saturated rings. The van der Waals surface area contributed by atoms with Crippen LogP contribution in [0, 0.1) is 17.0 Å². The van der Waals surface area contributed by atoms with Gasteiger partial charge in [-0.05, 0) is 22.9 Å². The first-order valence-corrected chi connectivity index (χ1v) is 4.46. The van der Waals surface area contributed by atoms with Crippen molar-refractivity contribution in [2.24, 2.45) is 0 Å². The van der Waals surface area contributed by atoms with E-state index in [9.17, 15) is 14.9 Å². The average molecular weight is 209 g/mol. The maximum atomic E-state index is 11.4. The van der Waals surface area contributed by atoms with Crippen molar-refractivity contribution in [3.63, 3.8) is 0 Å². The predicted molar refractivity (Wildman–Crippen MR) is 53.6 cm³/mol.